The Labute approximate surface area is 202 Å². The molecule has 0 spiro atoms. The summed E-state index contributed by atoms with van der Waals surface area (Å²) in [7, 11) is 0. The number of fused-ring (bicyclic) bond motifs is 2. The molecule has 0 fully saturated rings. The van der Waals surface area contributed by atoms with Gasteiger partial charge in [-0.05, 0) is 17.5 Å². The van der Waals surface area contributed by atoms with E-state index in [9.17, 15) is 9.59 Å². The zero-order chi connectivity index (χ0) is 23.7. The van der Waals surface area contributed by atoms with Crippen LogP contribution in [0.3, 0.4) is 0 Å². The van der Waals surface area contributed by atoms with Crippen LogP contribution in [0.1, 0.15) is 40.5 Å². The maximum absolute atomic E-state index is 13.3. The second-order valence-corrected chi connectivity index (χ2v) is 10.1. The molecule has 0 saturated heterocycles. The largest absolute Gasteiger partial charge is 0.296 e. The Bertz CT molecular complexity index is 1390. The standard InChI is InChI=1S/C26H27N5O2S/c1-17(2)14-31-25(33)20-11-7-6-10-19(20)23(29-31)24(32)28-26-27-21-12-13-30(16-22(21)34-26)15-18-8-4-3-5-9-18/h3-11,17H,12-16H2,1-2H3,(H,27,28,32). The number of benzene rings is 2. The lowest BCUT2D eigenvalue weighted by Crippen LogP contribution is -2.29. The van der Waals surface area contributed by atoms with E-state index in [1.54, 1.807) is 18.2 Å². The fourth-order valence-electron chi connectivity index (χ4n) is 4.31. The number of carbonyl (C=O) groups excluding carboxylic acids is 1. The molecule has 0 saturated carbocycles. The van der Waals surface area contributed by atoms with Crippen molar-refractivity contribution in [1.82, 2.24) is 19.7 Å². The molecule has 1 aliphatic rings. The third kappa shape index (κ3) is 4.64. The first kappa shape index (κ1) is 22.4. The molecule has 1 aliphatic heterocycles. The van der Waals surface area contributed by atoms with Gasteiger partial charge in [-0.15, -0.1) is 11.3 Å². The monoisotopic (exact) mass is 473 g/mol. The molecule has 174 valence electrons. The van der Waals surface area contributed by atoms with Gasteiger partial charge in [-0.2, -0.15) is 5.10 Å². The van der Waals surface area contributed by atoms with Crippen molar-refractivity contribution in [3.05, 3.63) is 86.8 Å². The Morgan fingerprint density at radius 3 is 2.59 bits per heavy atom. The van der Waals surface area contributed by atoms with Crippen LogP contribution in [0.15, 0.2) is 59.4 Å². The van der Waals surface area contributed by atoms with Crippen LogP contribution in [-0.4, -0.2) is 32.1 Å². The molecular formula is C26H27N5O2S. The number of thiazole rings is 1. The second kappa shape index (κ2) is 9.48. The van der Waals surface area contributed by atoms with Crippen LogP contribution in [0.4, 0.5) is 5.13 Å². The number of hydrogen-bond donors (Lipinski definition) is 1. The maximum Gasteiger partial charge on any atom is 0.278 e. The summed E-state index contributed by atoms with van der Waals surface area (Å²) < 4.78 is 1.40. The van der Waals surface area contributed by atoms with E-state index in [1.807, 2.05) is 26.0 Å². The smallest absolute Gasteiger partial charge is 0.278 e. The van der Waals surface area contributed by atoms with E-state index in [2.05, 4.69) is 44.6 Å². The van der Waals surface area contributed by atoms with Crippen LogP contribution >= 0.6 is 11.3 Å². The van der Waals surface area contributed by atoms with Crippen LogP contribution in [0, 0.1) is 5.92 Å². The average Bonchev–Trinajstić information content (AvgIpc) is 3.22. The van der Waals surface area contributed by atoms with Gasteiger partial charge in [0.2, 0.25) is 0 Å². The molecule has 1 amide bonds. The molecule has 3 heterocycles. The van der Waals surface area contributed by atoms with Crippen molar-refractivity contribution in [1.29, 1.82) is 0 Å². The second-order valence-electron chi connectivity index (χ2n) is 9.06. The van der Waals surface area contributed by atoms with Gasteiger partial charge in [0, 0.05) is 42.9 Å². The molecular weight excluding hydrogens is 446 g/mol. The summed E-state index contributed by atoms with van der Waals surface area (Å²) >= 11 is 1.52. The molecule has 4 aromatic rings. The molecule has 5 rings (SSSR count). The van der Waals surface area contributed by atoms with Crippen LogP contribution in [-0.2, 0) is 26.1 Å². The third-order valence-corrected chi connectivity index (χ3v) is 6.90. The lowest BCUT2D eigenvalue weighted by atomic mass is 10.1. The number of hydrogen-bond acceptors (Lipinski definition) is 6. The fraction of sp³-hybridized carbons (Fsp3) is 0.308. The van der Waals surface area contributed by atoms with E-state index >= 15 is 0 Å². The molecule has 1 N–H and O–H groups in total. The SMILES string of the molecule is CC(C)Cn1nc(C(=O)Nc2nc3c(s2)CN(Cc2ccccc2)CC3)c2ccccc2c1=O. The van der Waals surface area contributed by atoms with Gasteiger partial charge in [-0.1, -0.05) is 62.4 Å². The summed E-state index contributed by atoms with van der Waals surface area (Å²) in [6.45, 7) is 7.14. The van der Waals surface area contributed by atoms with Crippen molar-refractivity contribution in [2.45, 2.75) is 39.9 Å². The predicted molar refractivity (Wildman–Crippen MR) is 135 cm³/mol. The number of nitrogens with zero attached hydrogens (tertiary/aromatic N) is 4. The number of rotatable bonds is 6. The minimum atomic E-state index is -0.346. The number of anilines is 1. The zero-order valence-corrected chi connectivity index (χ0v) is 20.1. The summed E-state index contributed by atoms with van der Waals surface area (Å²) in [5.41, 5.74) is 2.41. The topological polar surface area (TPSA) is 80.1 Å². The summed E-state index contributed by atoms with van der Waals surface area (Å²) in [5.74, 6) is -0.118. The average molecular weight is 474 g/mol. The fourth-order valence-corrected chi connectivity index (χ4v) is 5.35. The molecule has 0 unspecified atom stereocenters. The number of nitrogens with one attached hydrogen (secondary N) is 1. The van der Waals surface area contributed by atoms with E-state index < -0.39 is 0 Å². The predicted octanol–water partition coefficient (Wildman–Crippen LogP) is 4.32. The molecule has 0 aliphatic carbocycles. The van der Waals surface area contributed by atoms with Crippen molar-refractivity contribution < 1.29 is 4.79 Å². The van der Waals surface area contributed by atoms with Crippen molar-refractivity contribution >= 4 is 33.1 Å². The minimum absolute atomic E-state index is 0.177. The first-order chi connectivity index (χ1) is 16.5. The maximum atomic E-state index is 13.3. The molecule has 7 nitrogen and oxygen atoms in total. The highest BCUT2D eigenvalue weighted by atomic mass is 32.1. The molecule has 2 aromatic carbocycles. The van der Waals surface area contributed by atoms with Gasteiger partial charge in [0.1, 0.15) is 0 Å². The molecule has 8 heteroatoms. The van der Waals surface area contributed by atoms with Gasteiger partial charge in [0.15, 0.2) is 10.8 Å². The third-order valence-electron chi connectivity index (χ3n) is 5.90. The van der Waals surface area contributed by atoms with Crippen molar-refractivity contribution in [3.8, 4) is 0 Å². The van der Waals surface area contributed by atoms with E-state index in [4.69, 9.17) is 0 Å². The van der Waals surface area contributed by atoms with Gasteiger partial charge >= 0.3 is 0 Å². The van der Waals surface area contributed by atoms with E-state index in [0.717, 1.165) is 31.7 Å². The summed E-state index contributed by atoms with van der Waals surface area (Å²) in [5, 5.41) is 9.01. The number of amides is 1. The normalized spacial score (nSPS) is 13.9. The Balaban J connectivity index is 1.38. The molecule has 0 radical (unpaired) electrons. The van der Waals surface area contributed by atoms with Gasteiger partial charge in [0.05, 0.1) is 11.1 Å². The van der Waals surface area contributed by atoms with Crippen LogP contribution in [0.5, 0.6) is 0 Å². The first-order valence-electron chi connectivity index (χ1n) is 11.5. The van der Waals surface area contributed by atoms with Crippen LogP contribution < -0.4 is 10.9 Å². The molecule has 0 atom stereocenters. The highest BCUT2D eigenvalue weighted by Crippen LogP contribution is 2.29. The summed E-state index contributed by atoms with van der Waals surface area (Å²) in [6, 6.07) is 17.6. The van der Waals surface area contributed by atoms with Crippen molar-refractivity contribution in [3.63, 3.8) is 0 Å². The highest BCUT2D eigenvalue weighted by Gasteiger charge is 2.23. The van der Waals surface area contributed by atoms with Crippen LogP contribution in [0.25, 0.3) is 10.8 Å². The molecule has 0 bridgehead atoms. The minimum Gasteiger partial charge on any atom is -0.296 e. The van der Waals surface area contributed by atoms with E-state index in [-0.39, 0.29) is 23.1 Å². The molecule has 2 aromatic heterocycles. The molecule has 34 heavy (non-hydrogen) atoms. The van der Waals surface area contributed by atoms with Crippen molar-refractivity contribution in [2.75, 3.05) is 11.9 Å². The number of carbonyl (C=O) groups is 1. The zero-order valence-electron chi connectivity index (χ0n) is 19.3. The lowest BCUT2D eigenvalue weighted by Gasteiger charge is -2.25. The van der Waals surface area contributed by atoms with Gasteiger partial charge in [-0.25, -0.2) is 9.67 Å². The Kier molecular flexibility index (Phi) is 6.26. The Hall–Kier alpha value is -3.36. The van der Waals surface area contributed by atoms with Gasteiger partial charge in [-0.3, -0.25) is 19.8 Å². The Morgan fingerprint density at radius 2 is 1.82 bits per heavy atom. The van der Waals surface area contributed by atoms with Crippen LogP contribution in [0.2, 0.25) is 0 Å². The lowest BCUT2D eigenvalue weighted by molar-refractivity contribution is 0.102. The van der Waals surface area contributed by atoms with Gasteiger partial charge in [0.25, 0.3) is 11.5 Å². The first-order valence-corrected chi connectivity index (χ1v) is 12.4. The van der Waals surface area contributed by atoms with Crippen molar-refractivity contribution in [2.24, 2.45) is 5.92 Å². The Morgan fingerprint density at radius 1 is 1.09 bits per heavy atom. The summed E-state index contributed by atoms with van der Waals surface area (Å²) in [4.78, 5) is 34.4. The quantitative estimate of drug-likeness (QED) is 0.451. The van der Waals surface area contributed by atoms with E-state index in [1.165, 1.54) is 26.5 Å². The number of aromatic nitrogens is 3. The van der Waals surface area contributed by atoms with E-state index in [0.29, 0.717) is 22.4 Å². The van der Waals surface area contributed by atoms with Gasteiger partial charge < -0.3 is 0 Å². The summed E-state index contributed by atoms with van der Waals surface area (Å²) in [6.07, 6.45) is 0.856. The highest BCUT2D eigenvalue weighted by molar-refractivity contribution is 7.15.